The van der Waals surface area contributed by atoms with Crippen LogP contribution in [0.2, 0.25) is 0 Å². The van der Waals surface area contributed by atoms with Crippen LogP contribution in [0, 0.1) is 11.6 Å². The second-order valence-corrected chi connectivity index (χ2v) is 4.68. The van der Waals surface area contributed by atoms with Crippen molar-refractivity contribution in [2.24, 2.45) is 0 Å². The van der Waals surface area contributed by atoms with Crippen LogP contribution in [-0.4, -0.2) is 6.04 Å². The average Bonchev–Trinajstić information content (AvgIpc) is 2.86. The Morgan fingerprint density at radius 1 is 1.21 bits per heavy atom. The fourth-order valence-corrected chi connectivity index (χ4v) is 1.92. The van der Waals surface area contributed by atoms with Crippen LogP contribution < -0.4 is 5.32 Å². The van der Waals surface area contributed by atoms with E-state index in [4.69, 9.17) is 4.42 Å². The van der Waals surface area contributed by atoms with Crippen LogP contribution in [0.15, 0.2) is 41.0 Å². The third kappa shape index (κ3) is 4.48. The van der Waals surface area contributed by atoms with Crippen LogP contribution in [0.25, 0.3) is 0 Å². The maximum absolute atomic E-state index is 13.0. The Bertz CT molecular complexity index is 491. The van der Waals surface area contributed by atoms with E-state index >= 15 is 0 Å². The molecule has 0 radical (unpaired) electrons. The molecule has 1 atom stereocenters. The molecule has 0 bridgehead atoms. The molecule has 0 aliphatic rings. The molecule has 0 aliphatic heterocycles. The summed E-state index contributed by atoms with van der Waals surface area (Å²) in [6.45, 7) is 2.49. The van der Waals surface area contributed by atoms with Crippen molar-refractivity contribution >= 4 is 0 Å². The Kier molecular flexibility index (Phi) is 4.68. The summed E-state index contributed by atoms with van der Waals surface area (Å²) in [4.78, 5) is 0. The van der Waals surface area contributed by atoms with Gasteiger partial charge in [0, 0.05) is 25.1 Å². The molecule has 0 saturated heterocycles. The number of nitrogens with one attached hydrogen (secondary N) is 1. The summed E-state index contributed by atoms with van der Waals surface area (Å²) in [5.74, 6) is -0.134. The highest BCUT2D eigenvalue weighted by Gasteiger charge is 2.05. The number of furan rings is 1. The summed E-state index contributed by atoms with van der Waals surface area (Å²) in [7, 11) is 0. The topological polar surface area (TPSA) is 25.2 Å². The van der Waals surface area contributed by atoms with E-state index in [1.165, 1.54) is 12.1 Å². The van der Waals surface area contributed by atoms with Crippen LogP contribution in [0.5, 0.6) is 0 Å². The van der Waals surface area contributed by atoms with E-state index in [0.717, 1.165) is 24.7 Å². The van der Waals surface area contributed by atoms with Crippen molar-refractivity contribution < 1.29 is 13.2 Å². The Labute approximate surface area is 111 Å². The first-order valence-electron chi connectivity index (χ1n) is 6.34. The lowest BCUT2D eigenvalue weighted by Crippen LogP contribution is -2.26. The molecule has 2 aromatic rings. The summed E-state index contributed by atoms with van der Waals surface area (Å²) in [5.41, 5.74) is 0.613. The smallest absolute Gasteiger partial charge is 0.126 e. The van der Waals surface area contributed by atoms with Gasteiger partial charge in [-0.3, -0.25) is 0 Å². The zero-order valence-corrected chi connectivity index (χ0v) is 10.8. The molecule has 1 heterocycles. The molecule has 0 fully saturated rings. The molecule has 4 heteroatoms. The van der Waals surface area contributed by atoms with Crippen molar-refractivity contribution in [2.75, 3.05) is 0 Å². The van der Waals surface area contributed by atoms with Crippen LogP contribution in [-0.2, 0) is 13.0 Å². The summed E-state index contributed by atoms with van der Waals surface area (Å²) >= 11 is 0. The molecule has 2 rings (SSSR count). The minimum Gasteiger partial charge on any atom is -0.469 e. The van der Waals surface area contributed by atoms with Gasteiger partial charge in [-0.2, -0.15) is 0 Å². The Balaban J connectivity index is 1.78. The van der Waals surface area contributed by atoms with Crippen LogP contribution >= 0.6 is 0 Å². The van der Waals surface area contributed by atoms with Gasteiger partial charge in [-0.1, -0.05) is 0 Å². The van der Waals surface area contributed by atoms with Gasteiger partial charge in [0.05, 0.1) is 6.26 Å². The van der Waals surface area contributed by atoms with Gasteiger partial charge in [0.2, 0.25) is 0 Å². The van der Waals surface area contributed by atoms with Crippen molar-refractivity contribution in [3.05, 3.63) is 59.6 Å². The van der Waals surface area contributed by atoms with Gasteiger partial charge in [0.1, 0.15) is 17.4 Å². The lowest BCUT2D eigenvalue weighted by molar-refractivity contribution is 0.459. The monoisotopic (exact) mass is 265 g/mol. The minimum atomic E-state index is -0.542. The lowest BCUT2D eigenvalue weighted by atomic mass is 10.1. The van der Waals surface area contributed by atoms with Crippen molar-refractivity contribution in [1.29, 1.82) is 0 Å². The van der Waals surface area contributed by atoms with Gasteiger partial charge in [0.25, 0.3) is 0 Å². The zero-order chi connectivity index (χ0) is 13.7. The van der Waals surface area contributed by atoms with E-state index < -0.39 is 11.6 Å². The van der Waals surface area contributed by atoms with Gasteiger partial charge < -0.3 is 9.73 Å². The molecule has 1 aromatic carbocycles. The van der Waals surface area contributed by atoms with Crippen molar-refractivity contribution in [3.63, 3.8) is 0 Å². The third-order valence-electron chi connectivity index (χ3n) is 2.98. The SMILES string of the molecule is CC(CCc1ccco1)NCc1cc(F)cc(F)c1. The fourth-order valence-electron chi connectivity index (χ4n) is 1.92. The summed E-state index contributed by atoms with van der Waals surface area (Å²) in [6.07, 6.45) is 3.41. The maximum Gasteiger partial charge on any atom is 0.126 e. The normalized spacial score (nSPS) is 12.6. The maximum atomic E-state index is 13.0. The van der Waals surface area contributed by atoms with Crippen LogP contribution in [0.4, 0.5) is 8.78 Å². The van der Waals surface area contributed by atoms with Crippen molar-refractivity contribution in [2.45, 2.75) is 32.4 Å². The van der Waals surface area contributed by atoms with E-state index in [2.05, 4.69) is 5.32 Å². The second kappa shape index (κ2) is 6.48. The quantitative estimate of drug-likeness (QED) is 0.862. The molecule has 0 amide bonds. The van der Waals surface area contributed by atoms with Crippen molar-refractivity contribution in [3.8, 4) is 0 Å². The minimum absolute atomic E-state index is 0.247. The summed E-state index contributed by atoms with van der Waals surface area (Å²) in [6, 6.07) is 7.61. The molecular weight excluding hydrogens is 248 g/mol. The lowest BCUT2D eigenvalue weighted by Gasteiger charge is -2.13. The molecule has 102 valence electrons. The predicted molar refractivity (Wildman–Crippen MR) is 69.7 cm³/mol. The molecule has 19 heavy (non-hydrogen) atoms. The number of rotatable bonds is 6. The summed E-state index contributed by atoms with van der Waals surface area (Å²) in [5, 5.41) is 3.24. The molecule has 0 aliphatic carbocycles. The van der Waals surface area contributed by atoms with Crippen molar-refractivity contribution in [1.82, 2.24) is 5.32 Å². The molecule has 0 spiro atoms. The Hall–Kier alpha value is -1.68. The molecular formula is C15H17F2NO. The molecule has 2 nitrogen and oxygen atoms in total. The van der Waals surface area contributed by atoms with E-state index in [1.54, 1.807) is 6.26 Å². The summed E-state index contributed by atoms with van der Waals surface area (Å²) < 4.78 is 31.3. The molecule has 1 N–H and O–H groups in total. The number of hydrogen-bond donors (Lipinski definition) is 1. The number of benzene rings is 1. The standard InChI is InChI=1S/C15H17F2NO/c1-11(4-5-15-3-2-6-19-15)18-10-12-7-13(16)9-14(17)8-12/h2-3,6-9,11,18H,4-5,10H2,1H3. The largest absolute Gasteiger partial charge is 0.469 e. The van der Waals surface area contributed by atoms with Gasteiger partial charge >= 0.3 is 0 Å². The third-order valence-corrected chi connectivity index (χ3v) is 2.98. The predicted octanol–water partition coefficient (Wildman–Crippen LogP) is 3.67. The van der Waals surface area contributed by atoms with Gasteiger partial charge in [-0.15, -0.1) is 0 Å². The van der Waals surface area contributed by atoms with Gasteiger partial charge in [0.15, 0.2) is 0 Å². The fraction of sp³-hybridized carbons (Fsp3) is 0.333. The first kappa shape index (κ1) is 13.7. The van der Waals surface area contributed by atoms with Crippen LogP contribution in [0.3, 0.4) is 0 Å². The first-order chi connectivity index (χ1) is 9.13. The highest BCUT2D eigenvalue weighted by atomic mass is 19.1. The highest BCUT2D eigenvalue weighted by molar-refractivity contribution is 5.17. The second-order valence-electron chi connectivity index (χ2n) is 4.68. The van der Waals surface area contributed by atoms with E-state index in [1.807, 2.05) is 19.1 Å². The van der Waals surface area contributed by atoms with E-state index in [0.29, 0.717) is 12.1 Å². The molecule has 1 unspecified atom stereocenters. The average molecular weight is 265 g/mol. The molecule has 1 aromatic heterocycles. The van der Waals surface area contributed by atoms with Gasteiger partial charge in [-0.25, -0.2) is 8.78 Å². The number of hydrogen-bond acceptors (Lipinski definition) is 2. The van der Waals surface area contributed by atoms with E-state index in [9.17, 15) is 8.78 Å². The number of aryl methyl sites for hydroxylation is 1. The first-order valence-corrected chi connectivity index (χ1v) is 6.34. The van der Waals surface area contributed by atoms with Gasteiger partial charge in [-0.05, 0) is 43.2 Å². The highest BCUT2D eigenvalue weighted by Crippen LogP contribution is 2.09. The number of halogens is 2. The zero-order valence-electron chi connectivity index (χ0n) is 10.8. The van der Waals surface area contributed by atoms with E-state index in [-0.39, 0.29) is 6.04 Å². The molecule has 0 saturated carbocycles. The van der Waals surface area contributed by atoms with Crippen LogP contribution in [0.1, 0.15) is 24.7 Å². The Morgan fingerprint density at radius 2 is 1.95 bits per heavy atom. The Morgan fingerprint density at radius 3 is 2.58 bits per heavy atom.